The van der Waals surface area contributed by atoms with Gasteiger partial charge in [0, 0.05) is 19.6 Å². The van der Waals surface area contributed by atoms with Crippen LogP contribution in [0.1, 0.15) is 39.5 Å². The van der Waals surface area contributed by atoms with Crippen LogP contribution in [-0.2, 0) is 10.0 Å². The van der Waals surface area contributed by atoms with Crippen LogP contribution in [0.25, 0.3) is 11.1 Å². The lowest BCUT2D eigenvalue weighted by atomic mass is 9.97. The summed E-state index contributed by atoms with van der Waals surface area (Å²) >= 11 is 0. The lowest BCUT2D eigenvalue weighted by Gasteiger charge is -2.34. The number of hydrogen-bond donors (Lipinski definition) is 0. The van der Waals surface area contributed by atoms with Gasteiger partial charge in [-0.2, -0.15) is 9.21 Å². The minimum atomic E-state index is -3.65. The van der Waals surface area contributed by atoms with Crippen molar-refractivity contribution in [1.29, 1.82) is 0 Å². The zero-order valence-electron chi connectivity index (χ0n) is 21.1. The van der Waals surface area contributed by atoms with Crippen molar-refractivity contribution in [3.63, 3.8) is 0 Å². The average Bonchev–Trinajstić information content (AvgIpc) is 2.88. The zero-order valence-corrected chi connectivity index (χ0v) is 21.9. The molecule has 2 saturated heterocycles. The predicted molar refractivity (Wildman–Crippen MR) is 139 cm³/mol. The highest BCUT2D eigenvalue weighted by molar-refractivity contribution is 7.89. The number of benzene rings is 2. The van der Waals surface area contributed by atoms with Crippen LogP contribution in [0, 0.1) is 10.8 Å². The Balaban J connectivity index is 1.30. The van der Waals surface area contributed by atoms with Gasteiger partial charge in [0.2, 0.25) is 10.0 Å². The highest BCUT2D eigenvalue weighted by Crippen LogP contribution is 2.27. The first-order valence-corrected chi connectivity index (χ1v) is 14.2. The Morgan fingerprint density at radius 2 is 1.58 bits per heavy atom. The summed E-state index contributed by atoms with van der Waals surface area (Å²) < 4.78 is 47.2. The fraction of sp³-hybridized carbons (Fsp3) is 0.556. The molecule has 2 aliphatic heterocycles. The van der Waals surface area contributed by atoms with Gasteiger partial charge in [-0.15, -0.1) is 0 Å². The van der Waals surface area contributed by atoms with Crippen LogP contribution in [-0.4, -0.2) is 68.7 Å². The molecular weight excluding hydrogens is 481 g/mol. The van der Waals surface area contributed by atoms with E-state index in [9.17, 15) is 17.7 Å². The summed E-state index contributed by atoms with van der Waals surface area (Å²) in [4.78, 5) is 13.3. The first kappa shape index (κ1) is 26.7. The second-order valence-electron chi connectivity index (χ2n) is 10.6. The van der Waals surface area contributed by atoms with Crippen molar-refractivity contribution in [3.05, 3.63) is 53.4 Å². The number of ether oxygens (including phenoxy) is 1. The van der Waals surface area contributed by atoms with Crippen molar-refractivity contribution < 1.29 is 17.5 Å². The lowest BCUT2D eigenvalue weighted by Crippen LogP contribution is -2.41. The fourth-order valence-electron chi connectivity index (χ4n) is 4.99. The number of nitrogens with zero attached hydrogens (tertiary/aromatic N) is 3. The monoisotopic (exact) mass is 517 g/mol. The van der Waals surface area contributed by atoms with E-state index in [0.717, 1.165) is 42.8 Å². The van der Waals surface area contributed by atoms with Crippen LogP contribution in [0.2, 0.25) is 0 Å². The van der Waals surface area contributed by atoms with Crippen molar-refractivity contribution in [2.24, 2.45) is 11.1 Å². The van der Waals surface area contributed by atoms with Crippen molar-refractivity contribution in [2.75, 3.05) is 39.3 Å². The summed E-state index contributed by atoms with van der Waals surface area (Å²) in [5.74, 6) is 1.27. The quantitative estimate of drug-likeness (QED) is 0.432. The SMILES string of the molecule is CC(C)(F)CN1CCC(COc2ccc(-c3ccc(S(=O)(=O)N4CCC[C@@H](N=O)C4)cc3)cc2)CC1. The van der Waals surface area contributed by atoms with Gasteiger partial charge in [-0.3, -0.25) is 0 Å². The molecule has 0 saturated carbocycles. The summed E-state index contributed by atoms with van der Waals surface area (Å²) in [6.45, 7) is 6.73. The predicted octanol–water partition coefficient (Wildman–Crippen LogP) is 5.11. The Labute approximate surface area is 213 Å². The van der Waals surface area contributed by atoms with Crippen LogP contribution in [0.3, 0.4) is 0 Å². The molecule has 0 spiro atoms. The fourth-order valence-corrected chi connectivity index (χ4v) is 6.51. The van der Waals surface area contributed by atoms with Crippen LogP contribution in [0.4, 0.5) is 4.39 Å². The maximum Gasteiger partial charge on any atom is 0.243 e. The second kappa shape index (κ2) is 11.4. The Hall–Kier alpha value is -2.36. The molecule has 1 atom stereocenters. The number of piperidine rings is 2. The van der Waals surface area contributed by atoms with E-state index < -0.39 is 21.7 Å². The third kappa shape index (κ3) is 6.89. The largest absolute Gasteiger partial charge is 0.493 e. The van der Waals surface area contributed by atoms with E-state index >= 15 is 0 Å². The molecule has 9 heteroatoms. The molecule has 36 heavy (non-hydrogen) atoms. The van der Waals surface area contributed by atoms with E-state index in [1.54, 1.807) is 38.1 Å². The summed E-state index contributed by atoms with van der Waals surface area (Å²) in [7, 11) is -3.65. The van der Waals surface area contributed by atoms with Gasteiger partial charge in [0.1, 0.15) is 17.5 Å². The van der Waals surface area contributed by atoms with E-state index in [1.807, 2.05) is 24.3 Å². The molecule has 0 aliphatic carbocycles. The lowest BCUT2D eigenvalue weighted by molar-refractivity contribution is 0.0836. The van der Waals surface area contributed by atoms with Crippen molar-refractivity contribution in [2.45, 2.75) is 56.1 Å². The Morgan fingerprint density at radius 3 is 2.17 bits per heavy atom. The highest BCUT2D eigenvalue weighted by Gasteiger charge is 2.31. The van der Waals surface area contributed by atoms with Crippen molar-refractivity contribution >= 4 is 10.0 Å². The van der Waals surface area contributed by atoms with Crippen molar-refractivity contribution in [1.82, 2.24) is 9.21 Å². The van der Waals surface area contributed by atoms with Gasteiger partial charge >= 0.3 is 0 Å². The normalized spacial score (nSPS) is 20.8. The maximum atomic E-state index is 13.9. The molecule has 2 aromatic rings. The number of hydrogen-bond acceptors (Lipinski definition) is 6. The van der Waals surface area contributed by atoms with Gasteiger partial charge in [-0.05, 0) is 93.9 Å². The number of nitroso groups, excluding NO2 is 1. The molecule has 0 aromatic heterocycles. The molecule has 4 rings (SSSR count). The van der Waals surface area contributed by atoms with Crippen LogP contribution in [0.5, 0.6) is 5.75 Å². The van der Waals surface area contributed by atoms with Gasteiger partial charge < -0.3 is 9.64 Å². The Morgan fingerprint density at radius 1 is 0.972 bits per heavy atom. The van der Waals surface area contributed by atoms with E-state index in [-0.39, 0.29) is 11.4 Å². The molecule has 0 radical (unpaired) electrons. The van der Waals surface area contributed by atoms with Gasteiger partial charge in [0.15, 0.2) is 0 Å². The van der Waals surface area contributed by atoms with Crippen LogP contribution < -0.4 is 4.74 Å². The van der Waals surface area contributed by atoms with E-state index in [2.05, 4.69) is 10.1 Å². The molecule has 2 aliphatic rings. The minimum absolute atomic E-state index is 0.143. The van der Waals surface area contributed by atoms with Crippen LogP contribution >= 0.6 is 0 Å². The molecule has 196 valence electrons. The van der Waals surface area contributed by atoms with Gasteiger partial charge in [-0.25, -0.2) is 12.8 Å². The van der Waals surface area contributed by atoms with E-state index in [0.29, 0.717) is 38.5 Å². The Bertz CT molecular complexity index is 1110. The number of alkyl halides is 1. The average molecular weight is 518 g/mol. The minimum Gasteiger partial charge on any atom is -0.493 e. The van der Waals surface area contributed by atoms with E-state index in [4.69, 9.17) is 4.74 Å². The molecule has 2 fully saturated rings. The first-order chi connectivity index (χ1) is 17.1. The molecule has 0 bridgehead atoms. The first-order valence-electron chi connectivity index (χ1n) is 12.7. The summed E-state index contributed by atoms with van der Waals surface area (Å²) in [6.07, 6.45) is 3.28. The number of likely N-dealkylation sites (tertiary alicyclic amines) is 1. The molecule has 0 amide bonds. The van der Waals surface area contributed by atoms with Gasteiger partial charge in [-0.1, -0.05) is 29.4 Å². The molecule has 0 unspecified atom stereocenters. The standard InChI is InChI=1S/C27H36FN3O4S/c1-27(2,28)20-30-16-13-21(14-17-30)19-35-25-9-5-22(6-10-25)23-7-11-26(12-8-23)36(33,34)31-15-3-4-24(18-31)29-32/h5-12,21,24H,3-4,13-20H2,1-2H3/t24-/m1/s1. The number of sulfonamides is 1. The number of halogens is 1. The Kier molecular flexibility index (Phi) is 8.42. The molecule has 2 aromatic carbocycles. The van der Waals surface area contributed by atoms with Gasteiger partial charge in [0.25, 0.3) is 0 Å². The van der Waals surface area contributed by atoms with Gasteiger partial charge in [0.05, 0.1) is 11.5 Å². The summed E-state index contributed by atoms with van der Waals surface area (Å²) in [5, 5.41) is 3.04. The third-order valence-corrected chi connectivity index (χ3v) is 8.86. The highest BCUT2D eigenvalue weighted by atomic mass is 32.2. The molecule has 2 heterocycles. The molecule has 0 N–H and O–H groups in total. The smallest absolute Gasteiger partial charge is 0.243 e. The summed E-state index contributed by atoms with van der Waals surface area (Å²) in [5.41, 5.74) is 0.720. The molecular formula is C27H36FN3O4S. The van der Waals surface area contributed by atoms with E-state index in [1.165, 1.54) is 4.31 Å². The number of rotatable bonds is 9. The zero-order chi connectivity index (χ0) is 25.8. The third-order valence-electron chi connectivity index (χ3n) is 6.98. The summed E-state index contributed by atoms with van der Waals surface area (Å²) in [6, 6.07) is 14.2. The van der Waals surface area contributed by atoms with Crippen molar-refractivity contribution in [3.8, 4) is 16.9 Å². The second-order valence-corrected chi connectivity index (χ2v) is 12.5. The van der Waals surface area contributed by atoms with Crippen LogP contribution in [0.15, 0.2) is 58.6 Å². The maximum absolute atomic E-state index is 13.9. The molecule has 7 nitrogen and oxygen atoms in total. The topological polar surface area (TPSA) is 79.3 Å².